The average molecular weight is 312 g/mol. The van der Waals surface area contributed by atoms with Crippen LogP contribution in [0.4, 0.5) is 4.39 Å². The Labute approximate surface area is 123 Å². The fourth-order valence-corrected chi connectivity index (χ4v) is 3.33. The summed E-state index contributed by atoms with van der Waals surface area (Å²) in [7, 11) is -2.04. The molecule has 0 aliphatic carbocycles. The molecule has 0 radical (unpaired) electrons. The van der Waals surface area contributed by atoms with E-state index in [9.17, 15) is 12.8 Å². The zero-order valence-corrected chi connectivity index (χ0v) is 12.6. The molecule has 1 aromatic carbocycles. The molecule has 2 N–H and O–H groups in total. The number of nitrogens with one attached hydrogen (secondary N) is 1. The summed E-state index contributed by atoms with van der Waals surface area (Å²) < 4.78 is 41.5. The maximum absolute atomic E-state index is 12.9. The molecule has 1 unspecified atom stereocenters. The number of rotatable bonds is 5. The molecule has 0 aliphatic rings. The van der Waals surface area contributed by atoms with Crippen LogP contribution in [0.2, 0.25) is 0 Å². The minimum atomic E-state index is -3.71. The highest BCUT2D eigenvalue weighted by Gasteiger charge is 2.20. The summed E-state index contributed by atoms with van der Waals surface area (Å²) in [5.41, 5.74) is 1.17. The van der Waals surface area contributed by atoms with Crippen molar-refractivity contribution >= 4 is 10.0 Å². The molecule has 1 aromatic heterocycles. The van der Waals surface area contributed by atoms with Gasteiger partial charge in [-0.25, -0.2) is 17.5 Å². The van der Waals surface area contributed by atoms with Crippen molar-refractivity contribution in [1.82, 2.24) is 9.29 Å². The number of sulfonamides is 1. The molecular weight excluding hydrogens is 295 g/mol. The minimum Gasteiger partial charge on any atom is -0.390 e. The van der Waals surface area contributed by atoms with Crippen LogP contribution in [0.1, 0.15) is 24.2 Å². The lowest BCUT2D eigenvalue weighted by Crippen LogP contribution is -2.26. The van der Waals surface area contributed by atoms with E-state index in [-0.39, 0.29) is 17.3 Å². The molecule has 0 saturated carbocycles. The van der Waals surface area contributed by atoms with Crippen LogP contribution < -0.4 is 4.72 Å². The number of aliphatic hydroxyl groups is 1. The lowest BCUT2D eigenvalue weighted by molar-refractivity contribution is 0.272. The first-order chi connectivity index (χ1) is 9.83. The molecule has 0 amide bonds. The summed E-state index contributed by atoms with van der Waals surface area (Å²) in [6.45, 7) is 1.44. The van der Waals surface area contributed by atoms with E-state index in [2.05, 4.69) is 4.72 Å². The Morgan fingerprint density at radius 2 is 1.95 bits per heavy atom. The van der Waals surface area contributed by atoms with Crippen molar-refractivity contribution in [3.8, 4) is 0 Å². The Balaban J connectivity index is 2.22. The topological polar surface area (TPSA) is 71.3 Å². The van der Waals surface area contributed by atoms with Gasteiger partial charge in [-0.3, -0.25) is 0 Å². The Hall–Kier alpha value is -1.70. The molecule has 0 bridgehead atoms. The molecule has 0 fully saturated rings. The molecule has 0 saturated heterocycles. The van der Waals surface area contributed by atoms with Crippen molar-refractivity contribution in [2.24, 2.45) is 7.05 Å². The Morgan fingerprint density at radius 1 is 1.33 bits per heavy atom. The van der Waals surface area contributed by atoms with Crippen molar-refractivity contribution in [1.29, 1.82) is 0 Å². The molecule has 1 atom stereocenters. The van der Waals surface area contributed by atoms with E-state index in [1.807, 2.05) is 0 Å². The Bertz CT molecular complexity index is 723. The lowest BCUT2D eigenvalue weighted by Gasteiger charge is -2.13. The summed E-state index contributed by atoms with van der Waals surface area (Å²) in [6, 6.07) is 6.56. The van der Waals surface area contributed by atoms with Gasteiger partial charge in [0.2, 0.25) is 10.0 Å². The van der Waals surface area contributed by atoms with Gasteiger partial charge in [-0.1, -0.05) is 12.1 Å². The second kappa shape index (κ2) is 5.97. The number of nitrogens with zero attached hydrogens (tertiary/aromatic N) is 1. The highest BCUT2D eigenvalue weighted by molar-refractivity contribution is 7.89. The van der Waals surface area contributed by atoms with Crippen molar-refractivity contribution in [3.05, 3.63) is 53.6 Å². The second-order valence-corrected chi connectivity index (χ2v) is 6.54. The van der Waals surface area contributed by atoms with Gasteiger partial charge in [0.15, 0.2) is 0 Å². The molecule has 0 spiro atoms. The molecule has 2 aromatic rings. The maximum Gasteiger partial charge on any atom is 0.242 e. The van der Waals surface area contributed by atoms with E-state index in [1.54, 1.807) is 18.5 Å². The highest BCUT2D eigenvalue weighted by Crippen LogP contribution is 2.19. The third-order valence-electron chi connectivity index (χ3n) is 3.26. The summed E-state index contributed by atoms with van der Waals surface area (Å²) in [5.74, 6) is -0.371. The molecule has 21 heavy (non-hydrogen) atoms. The van der Waals surface area contributed by atoms with Crippen LogP contribution in [0.3, 0.4) is 0 Å². The van der Waals surface area contributed by atoms with Gasteiger partial charge in [0.1, 0.15) is 5.82 Å². The smallest absolute Gasteiger partial charge is 0.242 e. The van der Waals surface area contributed by atoms with Gasteiger partial charge >= 0.3 is 0 Å². The molecule has 1 heterocycles. The number of aromatic nitrogens is 1. The maximum atomic E-state index is 12.9. The van der Waals surface area contributed by atoms with Gasteiger partial charge in [-0.15, -0.1) is 0 Å². The number of aliphatic hydroxyl groups excluding tert-OH is 1. The first-order valence-corrected chi connectivity index (χ1v) is 7.85. The normalized spacial score (nSPS) is 13.3. The minimum absolute atomic E-state index is 0.0861. The summed E-state index contributed by atoms with van der Waals surface area (Å²) in [5, 5.41) is 9.11. The third kappa shape index (κ3) is 3.49. The molecule has 114 valence electrons. The van der Waals surface area contributed by atoms with Crippen LogP contribution in [-0.4, -0.2) is 18.1 Å². The van der Waals surface area contributed by atoms with Gasteiger partial charge in [-0.05, 0) is 30.7 Å². The van der Waals surface area contributed by atoms with Gasteiger partial charge in [0.25, 0.3) is 0 Å². The fourth-order valence-electron chi connectivity index (χ4n) is 2.00. The number of hydrogen-bond donors (Lipinski definition) is 2. The zero-order chi connectivity index (χ0) is 15.6. The van der Waals surface area contributed by atoms with E-state index < -0.39 is 16.1 Å². The number of benzene rings is 1. The highest BCUT2D eigenvalue weighted by atomic mass is 32.2. The number of hydrogen-bond acceptors (Lipinski definition) is 3. The summed E-state index contributed by atoms with van der Waals surface area (Å²) in [6.07, 6.45) is 1.44. The number of halogens is 1. The van der Waals surface area contributed by atoms with E-state index in [4.69, 9.17) is 5.11 Å². The van der Waals surface area contributed by atoms with Crippen LogP contribution in [0.5, 0.6) is 0 Å². The SMILES string of the molecule is CC(NS(=O)(=O)c1cc(CO)n(C)c1)c1ccc(F)cc1. The summed E-state index contributed by atoms with van der Waals surface area (Å²) in [4.78, 5) is 0.0861. The molecule has 2 rings (SSSR count). The monoisotopic (exact) mass is 312 g/mol. The van der Waals surface area contributed by atoms with E-state index in [0.717, 1.165) is 0 Å². The molecule has 0 aliphatic heterocycles. The molecule has 7 heteroatoms. The van der Waals surface area contributed by atoms with Gasteiger partial charge in [0, 0.05) is 25.0 Å². The Morgan fingerprint density at radius 3 is 2.48 bits per heavy atom. The first-order valence-electron chi connectivity index (χ1n) is 6.37. The van der Waals surface area contributed by atoms with Crippen LogP contribution >= 0.6 is 0 Å². The predicted octanol–water partition coefficient (Wildman–Crippen LogP) is 1.70. The van der Waals surface area contributed by atoms with Gasteiger partial charge in [-0.2, -0.15) is 0 Å². The zero-order valence-electron chi connectivity index (χ0n) is 11.7. The predicted molar refractivity (Wildman–Crippen MR) is 76.5 cm³/mol. The quantitative estimate of drug-likeness (QED) is 0.882. The average Bonchev–Trinajstić information content (AvgIpc) is 2.81. The van der Waals surface area contributed by atoms with Gasteiger partial charge < -0.3 is 9.67 Å². The van der Waals surface area contributed by atoms with Crippen molar-refractivity contribution in [2.45, 2.75) is 24.5 Å². The molecular formula is C14H17FN2O3S. The van der Waals surface area contributed by atoms with Crippen LogP contribution in [0.25, 0.3) is 0 Å². The van der Waals surface area contributed by atoms with Gasteiger partial charge in [0.05, 0.1) is 11.5 Å². The van der Waals surface area contributed by atoms with Crippen molar-refractivity contribution in [3.63, 3.8) is 0 Å². The standard InChI is InChI=1S/C14H17FN2O3S/c1-10(11-3-5-12(15)6-4-11)16-21(19,20)14-7-13(9-18)17(2)8-14/h3-8,10,16,18H,9H2,1-2H3. The Kier molecular flexibility index (Phi) is 4.46. The van der Waals surface area contributed by atoms with Crippen LogP contribution in [0.15, 0.2) is 41.4 Å². The lowest BCUT2D eigenvalue weighted by atomic mass is 10.1. The van der Waals surface area contributed by atoms with Crippen molar-refractivity contribution in [2.75, 3.05) is 0 Å². The molecule has 5 nitrogen and oxygen atoms in total. The number of aryl methyl sites for hydroxylation is 1. The largest absolute Gasteiger partial charge is 0.390 e. The first kappa shape index (κ1) is 15.7. The van der Waals surface area contributed by atoms with Crippen LogP contribution in [-0.2, 0) is 23.7 Å². The second-order valence-electron chi connectivity index (χ2n) is 4.83. The third-order valence-corrected chi connectivity index (χ3v) is 4.76. The fraction of sp³-hybridized carbons (Fsp3) is 0.286. The van der Waals surface area contributed by atoms with Crippen molar-refractivity contribution < 1.29 is 17.9 Å². The van der Waals surface area contributed by atoms with E-state index in [0.29, 0.717) is 11.3 Å². The summed E-state index contributed by atoms with van der Waals surface area (Å²) >= 11 is 0. The van der Waals surface area contributed by atoms with E-state index in [1.165, 1.54) is 36.5 Å². The van der Waals surface area contributed by atoms with E-state index >= 15 is 0 Å². The van der Waals surface area contributed by atoms with Crippen LogP contribution in [0, 0.1) is 5.82 Å².